The molecule has 6 heteroatoms. The molecule has 1 N–H and O–H groups in total. The van der Waals surface area contributed by atoms with Gasteiger partial charge >= 0.3 is 0 Å². The van der Waals surface area contributed by atoms with Crippen LogP contribution in [0, 0.1) is 5.92 Å². The first-order valence-electron chi connectivity index (χ1n) is 11.7. The number of hydrogen-bond acceptors (Lipinski definition) is 4. The van der Waals surface area contributed by atoms with E-state index in [0.29, 0.717) is 6.42 Å². The second kappa shape index (κ2) is 10.5. The van der Waals surface area contributed by atoms with Gasteiger partial charge in [-0.15, -0.1) is 0 Å². The Bertz CT molecular complexity index is 897. The number of rotatable bonds is 6. The van der Waals surface area contributed by atoms with Crippen molar-refractivity contribution in [1.29, 1.82) is 0 Å². The predicted molar refractivity (Wildman–Crippen MR) is 127 cm³/mol. The Kier molecular flexibility index (Phi) is 7.30. The lowest BCUT2D eigenvalue weighted by Gasteiger charge is -2.36. The molecular formula is C26H33N3O3. The maximum atomic E-state index is 12.7. The number of anilines is 2. The molecule has 2 amide bonds. The van der Waals surface area contributed by atoms with E-state index in [0.717, 1.165) is 74.6 Å². The number of amides is 2. The van der Waals surface area contributed by atoms with Crippen LogP contribution in [0.15, 0.2) is 48.5 Å². The summed E-state index contributed by atoms with van der Waals surface area (Å²) in [6.07, 6.45) is 5.99. The fourth-order valence-corrected chi connectivity index (χ4v) is 4.61. The van der Waals surface area contributed by atoms with Crippen LogP contribution in [0.3, 0.4) is 0 Å². The van der Waals surface area contributed by atoms with Crippen LogP contribution in [0.25, 0.3) is 0 Å². The summed E-state index contributed by atoms with van der Waals surface area (Å²) in [7, 11) is 1.64. The molecule has 1 saturated heterocycles. The van der Waals surface area contributed by atoms with E-state index < -0.39 is 0 Å². The highest BCUT2D eigenvalue weighted by Gasteiger charge is 2.23. The monoisotopic (exact) mass is 435 g/mol. The van der Waals surface area contributed by atoms with E-state index in [2.05, 4.69) is 22.3 Å². The van der Waals surface area contributed by atoms with Crippen molar-refractivity contribution in [3.63, 3.8) is 0 Å². The molecule has 32 heavy (non-hydrogen) atoms. The zero-order valence-electron chi connectivity index (χ0n) is 18.9. The molecule has 0 spiro atoms. The zero-order chi connectivity index (χ0) is 22.3. The predicted octanol–water partition coefficient (Wildman–Crippen LogP) is 4.11. The number of piperazine rings is 1. The second-order valence-corrected chi connectivity index (χ2v) is 8.76. The highest BCUT2D eigenvalue weighted by molar-refractivity contribution is 5.92. The molecule has 0 bridgehead atoms. The average molecular weight is 436 g/mol. The van der Waals surface area contributed by atoms with Crippen LogP contribution >= 0.6 is 0 Å². The number of carbonyl (C=O) groups excluding carboxylic acids is 2. The van der Waals surface area contributed by atoms with Crippen molar-refractivity contribution >= 4 is 23.2 Å². The van der Waals surface area contributed by atoms with Gasteiger partial charge in [0.1, 0.15) is 5.75 Å². The molecular weight excluding hydrogens is 402 g/mol. The molecule has 0 unspecified atom stereocenters. The van der Waals surface area contributed by atoms with E-state index in [1.165, 1.54) is 6.42 Å². The van der Waals surface area contributed by atoms with Crippen molar-refractivity contribution in [2.75, 3.05) is 43.5 Å². The van der Waals surface area contributed by atoms with Crippen LogP contribution in [-0.2, 0) is 16.0 Å². The van der Waals surface area contributed by atoms with Crippen molar-refractivity contribution in [1.82, 2.24) is 4.90 Å². The molecule has 2 aliphatic rings. The molecule has 0 atom stereocenters. The molecule has 0 aromatic heterocycles. The minimum Gasteiger partial charge on any atom is -0.497 e. The van der Waals surface area contributed by atoms with Gasteiger partial charge in [-0.1, -0.05) is 31.4 Å². The summed E-state index contributed by atoms with van der Waals surface area (Å²) in [6, 6.07) is 15.8. The van der Waals surface area contributed by atoms with Gasteiger partial charge in [0.25, 0.3) is 0 Å². The van der Waals surface area contributed by atoms with E-state index in [1.807, 2.05) is 41.3 Å². The largest absolute Gasteiger partial charge is 0.497 e. The molecule has 1 heterocycles. The minimum atomic E-state index is 0.154. The van der Waals surface area contributed by atoms with Crippen molar-refractivity contribution in [3.8, 4) is 5.75 Å². The van der Waals surface area contributed by atoms with Crippen LogP contribution in [0.4, 0.5) is 11.4 Å². The summed E-state index contributed by atoms with van der Waals surface area (Å²) in [4.78, 5) is 29.4. The molecule has 2 aromatic rings. The Labute approximate surface area is 190 Å². The number of carbonyl (C=O) groups is 2. The number of nitrogens with one attached hydrogen (secondary N) is 1. The van der Waals surface area contributed by atoms with Gasteiger partial charge in [0.15, 0.2) is 0 Å². The first-order valence-corrected chi connectivity index (χ1v) is 11.7. The highest BCUT2D eigenvalue weighted by atomic mass is 16.5. The van der Waals surface area contributed by atoms with Crippen LogP contribution in [0.5, 0.6) is 5.75 Å². The van der Waals surface area contributed by atoms with Gasteiger partial charge in [-0.05, 0) is 54.8 Å². The Morgan fingerprint density at radius 1 is 0.906 bits per heavy atom. The van der Waals surface area contributed by atoms with Gasteiger partial charge in [0.2, 0.25) is 11.8 Å². The third-order valence-electron chi connectivity index (χ3n) is 6.62. The third kappa shape index (κ3) is 5.61. The van der Waals surface area contributed by atoms with E-state index in [1.54, 1.807) is 7.11 Å². The first kappa shape index (κ1) is 22.2. The van der Waals surface area contributed by atoms with Crippen LogP contribution in [0.1, 0.15) is 37.7 Å². The maximum absolute atomic E-state index is 12.7. The highest BCUT2D eigenvalue weighted by Crippen LogP contribution is 2.26. The smallest absolute Gasteiger partial charge is 0.227 e. The van der Waals surface area contributed by atoms with Crippen molar-refractivity contribution in [2.24, 2.45) is 5.92 Å². The van der Waals surface area contributed by atoms with E-state index in [-0.39, 0.29) is 17.7 Å². The van der Waals surface area contributed by atoms with Crippen molar-refractivity contribution in [3.05, 3.63) is 54.1 Å². The fourth-order valence-electron chi connectivity index (χ4n) is 4.61. The molecule has 170 valence electrons. The van der Waals surface area contributed by atoms with Gasteiger partial charge in [0, 0.05) is 43.5 Å². The van der Waals surface area contributed by atoms with Gasteiger partial charge < -0.3 is 19.9 Å². The lowest BCUT2D eigenvalue weighted by Crippen LogP contribution is -2.49. The summed E-state index contributed by atoms with van der Waals surface area (Å²) < 4.78 is 5.18. The van der Waals surface area contributed by atoms with Gasteiger partial charge in [-0.3, -0.25) is 9.59 Å². The third-order valence-corrected chi connectivity index (χ3v) is 6.62. The normalized spacial score (nSPS) is 17.2. The number of benzene rings is 2. The summed E-state index contributed by atoms with van der Waals surface area (Å²) >= 11 is 0. The first-order chi connectivity index (χ1) is 15.6. The fraction of sp³-hybridized carbons (Fsp3) is 0.462. The number of hydrogen-bond donors (Lipinski definition) is 1. The van der Waals surface area contributed by atoms with Crippen molar-refractivity contribution in [2.45, 2.75) is 38.5 Å². The van der Waals surface area contributed by atoms with E-state index in [4.69, 9.17) is 4.74 Å². The molecule has 1 aliphatic carbocycles. The standard InChI is InChI=1S/C26H33N3O3/c1-32-24-13-7-20(8-14-24)19-25(30)29-17-15-28(16-18-29)23-11-9-22(10-12-23)27-26(31)21-5-3-2-4-6-21/h7-14,21H,2-6,15-19H2,1H3,(H,27,31). The SMILES string of the molecule is COc1ccc(CC(=O)N2CCN(c3ccc(NC(=O)C4CCCCC4)cc3)CC2)cc1. The van der Waals surface area contributed by atoms with Gasteiger partial charge in [-0.25, -0.2) is 0 Å². The van der Waals surface area contributed by atoms with Gasteiger partial charge in [0.05, 0.1) is 13.5 Å². The zero-order valence-corrected chi connectivity index (χ0v) is 18.9. The average Bonchev–Trinajstić information content (AvgIpc) is 2.85. The van der Waals surface area contributed by atoms with Crippen LogP contribution in [-0.4, -0.2) is 50.0 Å². The minimum absolute atomic E-state index is 0.154. The second-order valence-electron chi connectivity index (χ2n) is 8.76. The Morgan fingerprint density at radius 2 is 1.56 bits per heavy atom. The number of ether oxygens (including phenoxy) is 1. The van der Waals surface area contributed by atoms with Crippen LogP contribution < -0.4 is 15.0 Å². The molecule has 4 rings (SSSR count). The maximum Gasteiger partial charge on any atom is 0.227 e. The summed E-state index contributed by atoms with van der Waals surface area (Å²) in [5, 5.41) is 3.08. The lowest BCUT2D eigenvalue weighted by atomic mass is 9.88. The van der Waals surface area contributed by atoms with Crippen molar-refractivity contribution < 1.29 is 14.3 Å². The summed E-state index contributed by atoms with van der Waals surface area (Å²) in [5.41, 5.74) is 2.99. The Hall–Kier alpha value is -3.02. The van der Waals surface area contributed by atoms with Crippen LogP contribution in [0.2, 0.25) is 0 Å². The number of nitrogens with zero attached hydrogens (tertiary/aromatic N) is 2. The van der Waals surface area contributed by atoms with E-state index >= 15 is 0 Å². The molecule has 1 saturated carbocycles. The quantitative estimate of drug-likeness (QED) is 0.742. The summed E-state index contributed by atoms with van der Waals surface area (Å²) in [5.74, 6) is 1.28. The topological polar surface area (TPSA) is 61.9 Å². The Balaban J connectivity index is 1.25. The molecule has 2 fully saturated rings. The number of methoxy groups -OCH3 is 1. The molecule has 0 radical (unpaired) electrons. The molecule has 1 aliphatic heterocycles. The molecule has 6 nitrogen and oxygen atoms in total. The molecule has 2 aromatic carbocycles. The summed E-state index contributed by atoms with van der Waals surface area (Å²) in [6.45, 7) is 3.05. The van der Waals surface area contributed by atoms with E-state index in [9.17, 15) is 9.59 Å². The van der Waals surface area contributed by atoms with Gasteiger partial charge in [-0.2, -0.15) is 0 Å². The Morgan fingerprint density at radius 3 is 2.19 bits per heavy atom. The lowest BCUT2D eigenvalue weighted by molar-refractivity contribution is -0.130.